The molecule has 0 spiro atoms. The first-order valence-electron chi connectivity index (χ1n) is 12.3. The molecule has 1 aromatic rings. The summed E-state index contributed by atoms with van der Waals surface area (Å²) in [6.45, 7) is 4.88. The van der Waals surface area contributed by atoms with E-state index < -0.39 is 0 Å². The Hall–Kier alpha value is -1.87. The van der Waals surface area contributed by atoms with Crippen molar-refractivity contribution in [1.82, 2.24) is 0 Å². The normalized spacial score (nSPS) is 44.9. The smallest absolute Gasteiger partial charge is 0.0830 e. The van der Waals surface area contributed by atoms with E-state index in [-0.39, 0.29) is 16.9 Å². The summed E-state index contributed by atoms with van der Waals surface area (Å²) in [5.74, 6) is 2.74. The van der Waals surface area contributed by atoms with Crippen molar-refractivity contribution < 1.29 is 10.3 Å². The second-order valence-corrected chi connectivity index (χ2v) is 11.2. The quantitative estimate of drug-likeness (QED) is 0.426. The van der Waals surface area contributed by atoms with Gasteiger partial charge in [0.15, 0.2) is 0 Å². The van der Waals surface area contributed by atoms with Gasteiger partial charge in [-0.2, -0.15) is 0 Å². The van der Waals surface area contributed by atoms with Crippen LogP contribution >= 0.6 is 0 Å². The van der Waals surface area contributed by atoms with Crippen LogP contribution in [0.2, 0.25) is 0 Å². The molecule has 1 aromatic carbocycles. The second-order valence-electron chi connectivity index (χ2n) is 11.2. The first-order valence-corrected chi connectivity index (χ1v) is 12.3. The highest BCUT2D eigenvalue weighted by molar-refractivity contribution is 6.01. The van der Waals surface area contributed by atoms with Crippen molar-refractivity contribution in [3.8, 4) is 0 Å². The van der Waals surface area contributed by atoms with Crippen LogP contribution < -0.4 is 0 Å². The summed E-state index contributed by atoms with van der Waals surface area (Å²) in [5, 5.41) is 24.2. The van der Waals surface area contributed by atoms with E-state index in [0.717, 1.165) is 43.2 Å². The maximum absolute atomic E-state index is 10.7. The van der Waals surface area contributed by atoms with Gasteiger partial charge < -0.3 is 10.3 Å². The number of allylic oxidation sites excluding steroid dienone is 3. The minimum absolute atomic E-state index is 0.109. The predicted octanol–water partition coefficient (Wildman–Crippen LogP) is 6.47. The van der Waals surface area contributed by atoms with Crippen LogP contribution in [-0.2, 0) is 0 Å². The maximum Gasteiger partial charge on any atom is 0.0830 e. The number of aliphatic hydroxyl groups excluding tert-OH is 1. The fraction of sp³-hybridized carbons (Fsp3) is 0.607. The molecule has 3 heteroatoms. The van der Waals surface area contributed by atoms with Crippen LogP contribution in [-0.4, -0.2) is 22.1 Å². The molecule has 0 heterocycles. The molecule has 0 aromatic heterocycles. The molecule has 0 amide bonds. The monoisotopic (exact) mass is 419 g/mol. The number of hydrogen-bond acceptors (Lipinski definition) is 3. The van der Waals surface area contributed by atoms with Crippen molar-refractivity contribution in [1.29, 1.82) is 0 Å². The lowest BCUT2D eigenvalue weighted by Crippen LogP contribution is -2.54. The minimum atomic E-state index is -0.109. The summed E-state index contributed by atoms with van der Waals surface area (Å²) in [4.78, 5) is 0. The van der Waals surface area contributed by atoms with E-state index in [1.807, 2.05) is 6.07 Å². The van der Waals surface area contributed by atoms with Crippen molar-refractivity contribution >= 4 is 11.8 Å². The van der Waals surface area contributed by atoms with Crippen LogP contribution in [0.5, 0.6) is 0 Å². The van der Waals surface area contributed by atoms with Gasteiger partial charge in [0.25, 0.3) is 0 Å². The zero-order valence-electron chi connectivity index (χ0n) is 19.0. The van der Waals surface area contributed by atoms with Crippen molar-refractivity contribution in [2.24, 2.45) is 39.7 Å². The number of rotatable bonds is 2. The summed E-state index contributed by atoms with van der Waals surface area (Å²) in [6, 6.07) is 10.4. The van der Waals surface area contributed by atoms with Gasteiger partial charge in [-0.15, -0.1) is 0 Å². The first-order chi connectivity index (χ1) is 15.0. The highest BCUT2D eigenvalue weighted by atomic mass is 16.4. The van der Waals surface area contributed by atoms with Gasteiger partial charge in [-0.3, -0.25) is 0 Å². The third kappa shape index (κ3) is 3.40. The summed E-state index contributed by atoms with van der Waals surface area (Å²) in [7, 11) is 0. The lowest BCUT2D eigenvalue weighted by molar-refractivity contribution is -0.108. The molecule has 0 aliphatic heterocycles. The molecular weight excluding hydrogens is 382 g/mol. The number of benzene rings is 1. The molecule has 31 heavy (non-hydrogen) atoms. The summed E-state index contributed by atoms with van der Waals surface area (Å²) in [6.07, 6.45) is 15.3. The third-order valence-corrected chi connectivity index (χ3v) is 9.90. The molecular formula is C28H37NO2. The van der Waals surface area contributed by atoms with Crippen LogP contribution in [0.3, 0.4) is 0 Å². The van der Waals surface area contributed by atoms with Crippen molar-refractivity contribution in [2.45, 2.75) is 71.3 Å². The van der Waals surface area contributed by atoms with Crippen LogP contribution in [0.25, 0.3) is 6.08 Å². The molecule has 166 valence electrons. The molecule has 5 rings (SSSR count). The van der Waals surface area contributed by atoms with Gasteiger partial charge in [0.1, 0.15) is 0 Å². The Balaban J connectivity index is 1.41. The zero-order chi connectivity index (χ0) is 21.6. The highest BCUT2D eigenvalue weighted by Crippen LogP contribution is 2.66. The highest BCUT2D eigenvalue weighted by Gasteiger charge is 2.60. The van der Waals surface area contributed by atoms with Gasteiger partial charge in [0.05, 0.1) is 11.8 Å². The number of fused-ring (bicyclic) bond motifs is 5. The Labute approximate surface area is 186 Å². The number of nitrogens with zero attached hydrogens (tertiary/aromatic N) is 1. The fourth-order valence-corrected chi connectivity index (χ4v) is 8.09. The van der Waals surface area contributed by atoms with Gasteiger partial charge in [-0.05, 0) is 97.0 Å². The number of oxime groups is 1. The molecule has 0 radical (unpaired) electrons. The van der Waals surface area contributed by atoms with E-state index >= 15 is 0 Å². The average Bonchev–Trinajstić information content (AvgIpc) is 3.08. The Bertz CT molecular complexity index is 903. The van der Waals surface area contributed by atoms with Gasteiger partial charge >= 0.3 is 0 Å². The van der Waals surface area contributed by atoms with E-state index in [0.29, 0.717) is 11.8 Å². The van der Waals surface area contributed by atoms with E-state index in [1.165, 1.54) is 36.8 Å². The molecule has 2 N–H and O–H groups in total. The number of hydrogen-bond donors (Lipinski definition) is 2. The minimum Gasteiger partial charge on any atom is -0.411 e. The van der Waals surface area contributed by atoms with E-state index in [4.69, 9.17) is 0 Å². The molecule has 3 unspecified atom stereocenters. The van der Waals surface area contributed by atoms with Crippen LogP contribution in [0.15, 0.2) is 53.2 Å². The standard InChI is InChI=1S/C28H37NO2/c1-27-16-15-24-22(23(27)13-14-26(27)30)12-11-21-17-25(29-31)20(18-28(21,24)2)10-6-9-19-7-4-3-5-8-19/h3-10,21-24,26,30-31H,11-18H2,1-2H3/b9-6+,20-10-,29-25-/t21-,22?,23?,24?,26-,27-,28-/m0/s1. The Morgan fingerprint density at radius 2 is 1.74 bits per heavy atom. The largest absolute Gasteiger partial charge is 0.411 e. The maximum atomic E-state index is 10.7. The van der Waals surface area contributed by atoms with E-state index in [9.17, 15) is 10.3 Å². The predicted molar refractivity (Wildman–Crippen MR) is 126 cm³/mol. The van der Waals surface area contributed by atoms with Crippen LogP contribution in [0, 0.1) is 34.5 Å². The fourth-order valence-electron chi connectivity index (χ4n) is 8.09. The Morgan fingerprint density at radius 1 is 0.968 bits per heavy atom. The van der Waals surface area contributed by atoms with Crippen molar-refractivity contribution in [3.63, 3.8) is 0 Å². The lowest BCUT2D eigenvalue weighted by atomic mass is 9.44. The van der Waals surface area contributed by atoms with Gasteiger partial charge in [0, 0.05) is 0 Å². The first kappa shape index (κ1) is 21.0. The third-order valence-electron chi connectivity index (χ3n) is 9.90. The number of aliphatic hydroxyl groups is 1. The Kier molecular flexibility index (Phi) is 5.37. The Morgan fingerprint density at radius 3 is 2.52 bits per heavy atom. The topological polar surface area (TPSA) is 52.8 Å². The van der Waals surface area contributed by atoms with E-state index in [2.05, 4.69) is 61.5 Å². The van der Waals surface area contributed by atoms with Gasteiger partial charge in [0.2, 0.25) is 0 Å². The molecule has 4 aliphatic carbocycles. The van der Waals surface area contributed by atoms with Crippen molar-refractivity contribution in [2.75, 3.05) is 0 Å². The van der Waals surface area contributed by atoms with Crippen LogP contribution in [0.4, 0.5) is 0 Å². The van der Waals surface area contributed by atoms with Gasteiger partial charge in [-0.25, -0.2) is 0 Å². The molecule has 4 fully saturated rings. The summed E-state index contributed by atoms with van der Waals surface area (Å²) < 4.78 is 0. The molecule has 7 atom stereocenters. The zero-order valence-corrected chi connectivity index (χ0v) is 19.0. The molecule has 4 saturated carbocycles. The van der Waals surface area contributed by atoms with Crippen LogP contribution in [0.1, 0.15) is 70.8 Å². The summed E-state index contributed by atoms with van der Waals surface area (Å²) >= 11 is 0. The second kappa shape index (κ2) is 7.92. The summed E-state index contributed by atoms with van der Waals surface area (Å²) in [5.41, 5.74) is 3.67. The molecule has 0 bridgehead atoms. The average molecular weight is 420 g/mol. The van der Waals surface area contributed by atoms with Gasteiger partial charge in [-0.1, -0.05) is 67.6 Å². The SMILES string of the molecule is C[C@]12CCC3C(CC[C@H]4CC(=N/O)/C(=C\C=C\c5ccccc5)C[C@]34C)C1CC[C@@H]2O. The lowest BCUT2D eigenvalue weighted by Gasteiger charge is -2.60. The molecule has 4 aliphatic rings. The molecule has 3 nitrogen and oxygen atoms in total. The molecule has 0 saturated heterocycles. The van der Waals surface area contributed by atoms with Crippen molar-refractivity contribution in [3.05, 3.63) is 53.6 Å². The van der Waals surface area contributed by atoms with E-state index in [1.54, 1.807) is 0 Å².